The molecule has 2 heterocycles. The quantitative estimate of drug-likeness (QED) is 0.848. The van der Waals surface area contributed by atoms with Crippen LogP contribution in [0.2, 0.25) is 5.15 Å². The van der Waals surface area contributed by atoms with Crippen molar-refractivity contribution in [3.63, 3.8) is 0 Å². The maximum absolute atomic E-state index is 12.0. The molecule has 0 bridgehead atoms. The molecule has 1 N–H and O–H groups in total. The standard InChI is InChI=1S/C12H12ClN3O2/c1-6-4-9(5-14-11(6)13)15-12(17)10-7(2)16-18-8(10)3/h4-5H,1-3H3,(H,15,17). The van der Waals surface area contributed by atoms with Crippen molar-refractivity contribution >= 4 is 23.2 Å². The van der Waals surface area contributed by atoms with Crippen LogP contribution in [-0.2, 0) is 0 Å². The van der Waals surface area contributed by atoms with E-state index in [1.54, 1.807) is 19.9 Å². The highest BCUT2D eigenvalue weighted by molar-refractivity contribution is 6.30. The number of anilines is 1. The zero-order valence-electron chi connectivity index (χ0n) is 10.2. The van der Waals surface area contributed by atoms with Crippen LogP contribution in [-0.4, -0.2) is 16.0 Å². The molecular weight excluding hydrogens is 254 g/mol. The Morgan fingerprint density at radius 2 is 2.11 bits per heavy atom. The highest BCUT2D eigenvalue weighted by Crippen LogP contribution is 2.18. The van der Waals surface area contributed by atoms with Crippen molar-refractivity contribution in [3.05, 3.63) is 40.0 Å². The van der Waals surface area contributed by atoms with E-state index < -0.39 is 0 Å². The van der Waals surface area contributed by atoms with Crippen molar-refractivity contribution in [2.24, 2.45) is 0 Å². The number of hydrogen-bond acceptors (Lipinski definition) is 4. The summed E-state index contributed by atoms with van der Waals surface area (Å²) in [7, 11) is 0. The molecule has 0 aliphatic rings. The average molecular weight is 266 g/mol. The minimum Gasteiger partial charge on any atom is -0.361 e. The number of halogens is 1. The topological polar surface area (TPSA) is 68.0 Å². The van der Waals surface area contributed by atoms with Gasteiger partial charge in [-0.3, -0.25) is 4.79 Å². The van der Waals surface area contributed by atoms with Gasteiger partial charge in [-0.25, -0.2) is 4.98 Å². The molecule has 0 aliphatic carbocycles. The lowest BCUT2D eigenvalue weighted by Crippen LogP contribution is -2.13. The largest absolute Gasteiger partial charge is 0.361 e. The number of amides is 1. The van der Waals surface area contributed by atoms with E-state index in [1.807, 2.05) is 6.92 Å². The normalized spacial score (nSPS) is 10.4. The van der Waals surface area contributed by atoms with E-state index in [1.165, 1.54) is 6.20 Å². The fourth-order valence-electron chi connectivity index (χ4n) is 1.63. The van der Waals surface area contributed by atoms with Crippen molar-refractivity contribution in [1.82, 2.24) is 10.1 Å². The maximum atomic E-state index is 12.0. The minimum absolute atomic E-state index is 0.269. The van der Waals surface area contributed by atoms with Crippen LogP contribution < -0.4 is 5.32 Å². The van der Waals surface area contributed by atoms with Crippen LogP contribution in [0.3, 0.4) is 0 Å². The summed E-state index contributed by atoms with van der Waals surface area (Å²) < 4.78 is 4.95. The van der Waals surface area contributed by atoms with Gasteiger partial charge in [0.05, 0.1) is 17.6 Å². The maximum Gasteiger partial charge on any atom is 0.261 e. The van der Waals surface area contributed by atoms with Crippen LogP contribution >= 0.6 is 11.6 Å². The third kappa shape index (κ3) is 2.36. The lowest BCUT2D eigenvalue weighted by Gasteiger charge is -2.05. The van der Waals surface area contributed by atoms with Gasteiger partial charge in [-0.1, -0.05) is 16.8 Å². The first-order valence-corrected chi connectivity index (χ1v) is 5.73. The molecule has 0 aliphatic heterocycles. The van der Waals surface area contributed by atoms with Gasteiger partial charge in [0.1, 0.15) is 16.5 Å². The Kier molecular flexibility index (Phi) is 3.34. The lowest BCUT2D eigenvalue weighted by atomic mass is 10.2. The summed E-state index contributed by atoms with van der Waals surface area (Å²) in [6, 6.07) is 1.76. The SMILES string of the molecule is Cc1cc(NC(=O)c2c(C)noc2C)cnc1Cl. The fraction of sp³-hybridized carbons (Fsp3) is 0.250. The molecule has 0 fully saturated rings. The second-order valence-corrected chi connectivity index (χ2v) is 4.34. The van der Waals surface area contributed by atoms with Crippen molar-refractivity contribution in [2.75, 3.05) is 5.32 Å². The summed E-state index contributed by atoms with van der Waals surface area (Å²) >= 11 is 5.82. The first kappa shape index (κ1) is 12.6. The summed E-state index contributed by atoms with van der Waals surface area (Å²) in [4.78, 5) is 16.0. The summed E-state index contributed by atoms with van der Waals surface area (Å²) in [6.45, 7) is 5.23. The Hall–Kier alpha value is -1.88. The number of carbonyl (C=O) groups is 1. The molecule has 0 spiro atoms. The summed E-state index contributed by atoms with van der Waals surface area (Å²) in [5.41, 5.74) is 2.39. The fourth-order valence-corrected chi connectivity index (χ4v) is 1.73. The van der Waals surface area contributed by atoms with Gasteiger partial charge in [-0.15, -0.1) is 0 Å². The van der Waals surface area contributed by atoms with Gasteiger partial charge in [-0.2, -0.15) is 0 Å². The molecule has 2 rings (SSSR count). The van der Waals surface area contributed by atoms with E-state index in [4.69, 9.17) is 16.1 Å². The first-order chi connectivity index (χ1) is 8.49. The zero-order chi connectivity index (χ0) is 13.3. The van der Waals surface area contributed by atoms with Crippen LogP contribution in [0, 0.1) is 20.8 Å². The molecular formula is C12H12ClN3O2. The lowest BCUT2D eigenvalue weighted by molar-refractivity contribution is 0.102. The number of carbonyl (C=O) groups excluding carboxylic acids is 1. The molecule has 94 valence electrons. The Bertz CT molecular complexity index is 588. The Morgan fingerprint density at radius 3 is 2.67 bits per heavy atom. The zero-order valence-corrected chi connectivity index (χ0v) is 11.0. The average Bonchev–Trinajstić information content (AvgIpc) is 2.64. The highest BCUT2D eigenvalue weighted by atomic mass is 35.5. The van der Waals surface area contributed by atoms with Crippen LogP contribution in [0.5, 0.6) is 0 Å². The van der Waals surface area contributed by atoms with E-state index in [9.17, 15) is 4.79 Å². The first-order valence-electron chi connectivity index (χ1n) is 5.35. The predicted molar refractivity (Wildman–Crippen MR) is 67.9 cm³/mol. The van der Waals surface area contributed by atoms with Crippen LogP contribution in [0.25, 0.3) is 0 Å². The molecule has 0 atom stereocenters. The number of hydrogen-bond donors (Lipinski definition) is 1. The van der Waals surface area contributed by atoms with Gasteiger partial charge in [0.2, 0.25) is 0 Å². The smallest absolute Gasteiger partial charge is 0.261 e. The minimum atomic E-state index is -0.269. The molecule has 0 saturated carbocycles. The van der Waals surface area contributed by atoms with E-state index >= 15 is 0 Å². The summed E-state index contributed by atoms with van der Waals surface area (Å²) in [6.07, 6.45) is 1.51. The molecule has 2 aromatic rings. The molecule has 0 unspecified atom stereocenters. The molecule has 0 radical (unpaired) electrons. The summed E-state index contributed by atoms with van der Waals surface area (Å²) in [5.74, 6) is 0.221. The number of rotatable bonds is 2. The monoisotopic (exact) mass is 265 g/mol. The van der Waals surface area contributed by atoms with Crippen molar-refractivity contribution < 1.29 is 9.32 Å². The number of aromatic nitrogens is 2. The van der Waals surface area contributed by atoms with Crippen LogP contribution in [0.4, 0.5) is 5.69 Å². The number of aryl methyl sites for hydroxylation is 3. The molecule has 0 saturated heterocycles. The van der Waals surface area contributed by atoms with Crippen molar-refractivity contribution in [3.8, 4) is 0 Å². The molecule has 1 amide bonds. The molecule has 2 aromatic heterocycles. The third-order valence-electron chi connectivity index (χ3n) is 2.53. The van der Waals surface area contributed by atoms with E-state index in [-0.39, 0.29) is 5.91 Å². The second kappa shape index (κ2) is 4.78. The van der Waals surface area contributed by atoms with Gasteiger partial charge >= 0.3 is 0 Å². The molecule has 6 heteroatoms. The number of nitrogens with one attached hydrogen (secondary N) is 1. The van der Waals surface area contributed by atoms with Gasteiger partial charge in [0.15, 0.2) is 0 Å². The van der Waals surface area contributed by atoms with E-state index in [2.05, 4.69) is 15.5 Å². The van der Waals surface area contributed by atoms with Gasteiger partial charge in [0, 0.05) is 0 Å². The Labute approximate surface area is 109 Å². The Balaban J connectivity index is 2.24. The van der Waals surface area contributed by atoms with Gasteiger partial charge in [0.25, 0.3) is 5.91 Å². The van der Waals surface area contributed by atoms with Gasteiger partial charge < -0.3 is 9.84 Å². The van der Waals surface area contributed by atoms with Crippen molar-refractivity contribution in [2.45, 2.75) is 20.8 Å². The molecule has 5 nitrogen and oxygen atoms in total. The van der Waals surface area contributed by atoms with Crippen molar-refractivity contribution in [1.29, 1.82) is 0 Å². The third-order valence-corrected chi connectivity index (χ3v) is 2.93. The highest BCUT2D eigenvalue weighted by Gasteiger charge is 2.17. The van der Waals surface area contributed by atoms with Gasteiger partial charge in [-0.05, 0) is 32.4 Å². The Morgan fingerprint density at radius 1 is 1.39 bits per heavy atom. The molecule has 18 heavy (non-hydrogen) atoms. The van der Waals surface area contributed by atoms with Crippen LogP contribution in [0.1, 0.15) is 27.4 Å². The van der Waals surface area contributed by atoms with E-state index in [0.29, 0.717) is 27.9 Å². The summed E-state index contributed by atoms with van der Waals surface area (Å²) in [5, 5.41) is 6.89. The van der Waals surface area contributed by atoms with Crippen LogP contribution in [0.15, 0.2) is 16.8 Å². The van der Waals surface area contributed by atoms with E-state index in [0.717, 1.165) is 5.56 Å². The second-order valence-electron chi connectivity index (χ2n) is 3.98. The predicted octanol–water partition coefficient (Wildman–Crippen LogP) is 2.90. The number of nitrogens with zero attached hydrogens (tertiary/aromatic N) is 2. The molecule has 0 aromatic carbocycles. The number of pyridine rings is 1.